The Kier molecular flexibility index (Phi) is 7.90. The summed E-state index contributed by atoms with van der Waals surface area (Å²) in [6, 6.07) is 21.9. The van der Waals surface area contributed by atoms with Crippen LogP contribution in [0.1, 0.15) is 21.5 Å². The fourth-order valence-electron chi connectivity index (χ4n) is 2.83. The average molecular weight is 439 g/mol. The lowest BCUT2D eigenvalue weighted by Gasteiger charge is -2.13. The number of methoxy groups -OCH3 is 1. The Morgan fingerprint density at radius 3 is 2.42 bits per heavy atom. The molecule has 0 spiro atoms. The van der Waals surface area contributed by atoms with Crippen molar-refractivity contribution < 1.29 is 19.1 Å². The standard InChI is InChI=1S/C24H23ClN2O4/c1-30-22-12-18(10-11-21(22)31-16-17-6-3-2-4-7-17)14-26-23(28)15-27-24(29)19-8-5-9-20(25)13-19/h2-13H,14-16H2,1H3,(H,26,28)(H,27,29). The van der Waals surface area contributed by atoms with Gasteiger partial charge in [-0.25, -0.2) is 0 Å². The Morgan fingerprint density at radius 2 is 1.68 bits per heavy atom. The third kappa shape index (κ3) is 6.76. The van der Waals surface area contributed by atoms with E-state index in [4.69, 9.17) is 21.1 Å². The fourth-order valence-corrected chi connectivity index (χ4v) is 3.02. The summed E-state index contributed by atoms with van der Waals surface area (Å²) in [6.45, 7) is 0.585. The van der Waals surface area contributed by atoms with Crippen LogP contribution < -0.4 is 20.1 Å². The highest BCUT2D eigenvalue weighted by Crippen LogP contribution is 2.28. The van der Waals surface area contributed by atoms with E-state index in [2.05, 4.69) is 10.6 Å². The van der Waals surface area contributed by atoms with Gasteiger partial charge in [0, 0.05) is 17.1 Å². The molecule has 0 saturated carbocycles. The number of benzene rings is 3. The highest BCUT2D eigenvalue weighted by molar-refractivity contribution is 6.30. The van der Waals surface area contributed by atoms with E-state index in [9.17, 15) is 9.59 Å². The molecule has 3 aromatic rings. The minimum atomic E-state index is -0.362. The molecule has 2 N–H and O–H groups in total. The molecular formula is C24H23ClN2O4. The van der Waals surface area contributed by atoms with Crippen molar-refractivity contribution in [1.29, 1.82) is 0 Å². The maximum Gasteiger partial charge on any atom is 0.251 e. The van der Waals surface area contributed by atoms with E-state index < -0.39 is 0 Å². The lowest BCUT2D eigenvalue weighted by atomic mass is 10.2. The van der Waals surface area contributed by atoms with E-state index in [1.165, 1.54) is 0 Å². The molecule has 31 heavy (non-hydrogen) atoms. The Morgan fingerprint density at radius 1 is 0.871 bits per heavy atom. The summed E-state index contributed by atoms with van der Waals surface area (Å²) < 4.78 is 11.3. The first kappa shape index (κ1) is 22.2. The van der Waals surface area contributed by atoms with Gasteiger partial charge in [0.15, 0.2) is 11.5 Å². The van der Waals surface area contributed by atoms with Crippen molar-refractivity contribution in [2.75, 3.05) is 13.7 Å². The highest BCUT2D eigenvalue weighted by atomic mass is 35.5. The molecule has 0 aromatic heterocycles. The maximum absolute atomic E-state index is 12.1. The van der Waals surface area contributed by atoms with Gasteiger partial charge in [-0.3, -0.25) is 9.59 Å². The van der Waals surface area contributed by atoms with Crippen LogP contribution in [-0.4, -0.2) is 25.5 Å². The van der Waals surface area contributed by atoms with Crippen LogP contribution in [-0.2, 0) is 17.9 Å². The summed E-state index contributed by atoms with van der Waals surface area (Å²) in [7, 11) is 1.57. The van der Waals surface area contributed by atoms with Gasteiger partial charge in [0.1, 0.15) is 6.61 Å². The monoisotopic (exact) mass is 438 g/mol. The van der Waals surface area contributed by atoms with Crippen LogP contribution in [0.2, 0.25) is 5.02 Å². The van der Waals surface area contributed by atoms with Gasteiger partial charge in [-0.1, -0.05) is 54.1 Å². The van der Waals surface area contributed by atoms with Crippen LogP contribution >= 0.6 is 11.6 Å². The molecule has 0 unspecified atom stereocenters. The van der Waals surface area contributed by atoms with Crippen LogP contribution in [0.15, 0.2) is 72.8 Å². The summed E-state index contributed by atoms with van der Waals surface area (Å²) in [6.07, 6.45) is 0. The predicted octanol–water partition coefficient (Wildman–Crippen LogP) is 3.97. The summed E-state index contributed by atoms with van der Waals surface area (Å²) in [5.41, 5.74) is 2.30. The molecular weight excluding hydrogens is 416 g/mol. The lowest BCUT2D eigenvalue weighted by molar-refractivity contribution is -0.120. The largest absolute Gasteiger partial charge is 0.493 e. The van der Waals surface area contributed by atoms with Crippen LogP contribution in [0.25, 0.3) is 0 Å². The molecule has 7 heteroatoms. The summed E-state index contributed by atoms with van der Waals surface area (Å²) >= 11 is 5.88. The molecule has 3 aromatic carbocycles. The number of halogens is 1. The number of carbonyl (C=O) groups excluding carboxylic acids is 2. The minimum absolute atomic E-state index is 0.138. The number of hydrogen-bond donors (Lipinski definition) is 2. The molecule has 0 atom stereocenters. The van der Waals surface area contributed by atoms with E-state index in [0.29, 0.717) is 35.2 Å². The summed E-state index contributed by atoms with van der Waals surface area (Å²) in [5, 5.41) is 5.80. The number of carbonyl (C=O) groups is 2. The molecule has 0 radical (unpaired) electrons. The zero-order valence-electron chi connectivity index (χ0n) is 17.1. The molecule has 0 aliphatic heterocycles. The molecule has 2 amide bonds. The van der Waals surface area contributed by atoms with E-state index >= 15 is 0 Å². The second kappa shape index (κ2) is 11.0. The third-order valence-corrected chi connectivity index (χ3v) is 4.69. The zero-order valence-corrected chi connectivity index (χ0v) is 17.8. The maximum atomic E-state index is 12.1. The second-order valence-electron chi connectivity index (χ2n) is 6.73. The molecule has 0 aliphatic carbocycles. The Balaban J connectivity index is 1.49. The number of ether oxygens (including phenoxy) is 2. The second-order valence-corrected chi connectivity index (χ2v) is 7.17. The van der Waals surface area contributed by atoms with E-state index in [1.54, 1.807) is 31.4 Å². The van der Waals surface area contributed by atoms with Gasteiger partial charge in [0.2, 0.25) is 5.91 Å². The number of hydrogen-bond acceptors (Lipinski definition) is 4. The molecule has 160 valence electrons. The van der Waals surface area contributed by atoms with Gasteiger partial charge in [0.25, 0.3) is 5.91 Å². The van der Waals surface area contributed by atoms with Gasteiger partial charge < -0.3 is 20.1 Å². The van der Waals surface area contributed by atoms with Crippen molar-refractivity contribution in [3.63, 3.8) is 0 Å². The SMILES string of the molecule is COc1cc(CNC(=O)CNC(=O)c2cccc(Cl)c2)ccc1OCc1ccccc1. The van der Waals surface area contributed by atoms with Gasteiger partial charge in [-0.05, 0) is 41.5 Å². The number of rotatable bonds is 9. The molecule has 0 aliphatic rings. The minimum Gasteiger partial charge on any atom is -0.493 e. The molecule has 0 bridgehead atoms. The first-order valence-corrected chi connectivity index (χ1v) is 10.1. The van der Waals surface area contributed by atoms with Crippen molar-refractivity contribution in [2.24, 2.45) is 0 Å². The van der Waals surface area contributed by atoms with Crippen LogP contribution in [0.3, 0.4) is 0 Å². The van der Waals surface area contributed by atoms with Crippen molar-refractivity contribution in [3.05, 3.63) is 94.5 Å². The fraction of sp³-hybridized carbons (Fsp3) is 0.167. The summed E-state index contributed by atoms with van der Waals surface area (Å²) in [5.74, 6) is 0.533. The quantitative estimate of drug-likeness (QED) is 0.530. The van der Waals surface area contributed by atoms with Crippen molar-refractivity contribution in [2.45, 2.75) is 13.2 Å². The highest BCUT2D eigenvalue weighted by Gasteiger charge is 2.10. The Labute approximate surface area is 186 Å². The zero-order chi connectivity index (χ0) is 22.1. The van der Waals surface area contributed by atoms with E-state index in [-0.39, 0.29) is 18.4 Å². The molecule has 0 heterocycles. The van der Waals surface area contributed by atoms with Crippen LogP contribution in [0.5, 0.6) is 11.5 Å². The first-order valence-electron chi connectivity index (χ1n) is 9.69. The van der Waals surface area contributed by atoms with Gasteiger partial charge in [0.05, 0.1) is 13.7 Å². The molecule has 3 rings (SSSR count). The summed E-state index contributed by atoms with van der Waals surface area (Å²) in [4.78, 5) is 24.2. The van der Waals surface area contributed by atoms with Crippen LogP contribution in [0.4, 0.5) is 0 Å². The number of amides is 2. The van der Waals surface area contributed by atoms with Gasteiger partial charge in [-0.15, -0.1) is 0 Å². The predicted molar refractivity (Wildman–Crippen MR) is 119 cm³/mol. The lowest BCUT2D eigenvalue weighted by Crippen LogP contribution is -2.36. The van der Waals surface area contributed by atoms with Gasteiger partial charge >= 0.3 is 0 Å². The smallest absolute Gasteiger partial charge is 0.251 e. The average Bonchev–Trinajstić information content (AvgIpc) is 2.80. The van der Waals surface area contributed by atoms with Crippen molar-refractivity contribution in [1.82, 2.24) is 10.6 Å². The third-order valence-electron chi connectivity index (χ3n) is 4.45. The number of nitrogens with one attached hydrogen (secondary N) is 2. The Bertz CT molecular complexity index is 1040. The van der Waals surface area contributed by atoms with Crippen LogP contribution in [0, 0.1) is 0 Å². The molecule has 0 fully saturated rings. The Hall–Kier alpha value is -3.51. The van der Waals surface area contributed by atoms with E-state index in [0.717, 1.165) is 11.1 Å². The van der Waals surface area contributed by atoms with Gasteiger partial charge in [-0.2, -0.15) is 0 Å². The first-order chi connectivity index (χ1) is 15.0. The van der Waals surface area contributed by atoms with Crippen molar-refractivity contribution in [3.8, 4) is 11.5 Å². The van der Waals surface area contributed by atoms with Crippen molar-refractivity contribution >= 4 is 23.4 Å². The topological polar surface area (TPSA) is 76.7 Å². The molecule has 6 nitrogen and oxygen atoms in total. The normalized spacial score (nSPS) is 10.3. The van der Waals surface area contributed by atoms with E-state index in [1.807, 2.05) is 48.5 Å². The molecule has 0 saturated heterocycles.